The van der Waals surface area contributed by atoms with Crippen molar-refractivity contribution in [2.45, 2.75) is 65.9 Å². The van der Waals surface area contributed by atoms with Crippen LogP contribution < -0.4 is 5.32 Å². The third kappa shape index (κ3) is 6.70. The number of hydrogen-bond acceptors (Lipinski definition) is 6. The van der Waals surface area contributed by atoms with E-state index in [-0.39, 0.29) is 17.9 Å². The summed E-state index contributed by atoms with van der Waals surface area (Å²) in [6.07, 6.45) is 2.62. The Morgan fingerprint density at radius 3 is 2.27 bits per heavy atom. The molecular weight excluding hydrogens is 508 g/mol. The van der Waals surface area contributed by atoms with Crippen molar-refractivity contribution in [3.63, 3.8) is 0 Å². The van der Waals surface area contributed by atoms with E-state index in [4.69, 9.17) is 9.47 Å². The molecule has 0 aliphatic carbocycles. The van der Waals surface area contributed by atoms with Crippen LogP contribution in [-0.2, 0) is 9.47 Å². The number of anilines is 1. The van der Waals surface area contributed by atoms with Crippen LogP contribution in [0.1, 0.15) is 84.0 Å². The molecule has 0 radical (unpaired) electrons. The fraction of sp³-hybridized carbons (Fsp3) is 0.419. The molecule has 40 heavy (non-hydrogen) atoms. The van der Waals surface area contributed by atoms with E-state index in [1.807, 2.05) is 37.6 Å². The maximum atomic E-state index is 13.6. The number of nitrogens with one attached hydrogen (secondary N) is 1. The van der Waals surface area contributed by atoms with Crippen LogP contribution in [-0.4, -0.2) is 57.9 Å². The molecule has 2 amide bonds. The Labute approximate surface area is 235 Å². The Morgan fingerprint density at radius 1 is 1.00 bits per heavy atom. The number of hydrogen-bond donors (Lipinski definition) is 1. The molecule has 9 nitrogen and oxygen atoms in total. The molecule has 9 heteroatoms. The van der Waals surface area contributed by atoms with Gasteiger partial charge in [0.15, 0.2) is 0 Å². The zero-order chi connectivity index (χ0) is 29.0. The van der Waals surface area contributed by atoms with Crippen LogP contribution in [0.3, 0.4) is 0 Å². The first-order valence-corrected chi connectivity index (χ1v) is 13.7. The highest BCUT2D eigenvalue weighted by molar-refractivity contribution is 6.05. The maximum absolute atomic E-state index is 13.6. The lowest BCUT2D eigenvalue weighted by atomic mass is 9.90. The third-order valence-electron chi connectivity index (χ3n) is 6.97. The lowest BCUT2D eigenvalue weighted by molar-refractivity contribution is 0.0203. The number of benzene rings is 2. The average molecular weight is 547 g/mol. The van der Waals surface area contributed by atoms with Gasteiger partial charge >= 0.3 is 12.1 Å². The van der Waals surface area contributed by atoms with Gasteiger partial charge in [0.2, 0.25) is 0 Å². The minimum Gasteiger partial charge on any atom is -0.462 e. The molecule has 2 heterocycles. The highest BCUT2D eigenvalue weighted by Gasteiger charge is 2.32. The molecule has 3 aromatic rings. The van der Waals surface area contributed by atoms with E-state index in [0.717, 1.165) is 16.9 Å². The van der Waals surface area contributed by atoms with Gasteiger partial charge < -0.3 is 19.7 Å². The molecule has 1 aromatic heterocycles. The summed E-state index contributed by atoms with van der Waals surface area (Å²) in [6.45, 7) is 12.8. The second-order valence-corrected chi connectivity index (χ2v) is 11.1. The van der Waals surface area contributed by atoms with Crippen LogP contribution in [0.5, 0.6) is 0 Å². The summed E-state index contributed by atoms with van der Waals surface area (Å²) < 4.78 is 12.4. The maximum Gasteiger partial charge on any atom is 0.410 e. The average Bonchev–Trinajstić information content (AvgIpc) is 3.35. The molecule has 0 saturated carbocycles. The molecule has 1 aliphatic heterocycles. The van der Waals surface area contributed by atoms with Crippen molar-refractivity contribution in [3.8, 4) is 5.69 Å². The predicted molar refractivity (Wildman–Crippen MR) is 153 cm³/mol. The lowest BCUT2D eigenvalue weighted by Crippen LogP contribution is -2.41. The summed E-state index contributed by atoms with van der Waals surface area (Å²) in [6, 6.07) is 12.7. The number of esters is 1. The van der Waals surface area contributed by atoms with Gasteiger partial charge in [0.1, 0.15) is 5.60 Å². The van der Waals surface area contributed by atoms with E-state index in [1.165, 1.54) is 5.56 Å². The molecule has 1 N–H and O–H groups in total. The quantitative estimate of drug-likeness (QED) is 0.379. The minimum atomic E-state index is -0.560. The Balaban J connectivity index is 1.60. The van der Waals surface area contributed by atoms with Crippen molar-refractivity contribution in [3.05, 3.63) is 76.6 Å². The van der Waals surface area contributed by atoms with E-state index in [1.54, 1.807) is 42.3 Å². The molecule has 2 aromatic carbocycles. The molecule has 1 fully saturated rings. The normalized spacial score (nSPS) is 14.1. The highest BCUT2D eigenvalue weighted by Crippen LogP contribution is 2.33. The fourth-order valence-electron chi connectivity index (χ4n) is 4.75. The molecule has 1 saturated heterocycles. The molecule has 0 unspecified atom stereocenters. The molecule has 4 rings (SSSR count). The number of aryl methyl sites for hydroxylation is 2. The third-order valence-corrected chi connectivity index (χ3v) is 6.97. The van der Waals surface area contributed by atoms with Gasteiger partial charge in [0.05, 0.1) is 35.3 Å². The smallest absolute Gasteiger partial charge is 0.410 e. The fourth-order valence-corrected chi connectivity index (χ4v) is 4.75. The molecular formula is C31H38N4O5. The van der Waals surface area contributed by atoms with Gasteiger partial charge in [-0.1, -0.05) is 6.07 Å². The summed E-state index contributed by atoms with van der Waals surface area (Å²) in [5, 5.41) is 7.59. The first kappa shape index (κ1) is 28.9. The highest BCUT2D eigenvalue weighted by atomic mass is 16.6. The van der Waals surface area contributed by atoms with Crippen molar-refractivity contribution in [1.82, 2.24) is 14.7 Å². The predicted octanol–water partition coefficient (Wildman–Crippen LogP) is 6.03. The lowest BCUT2D eigenvalue weighted by Gasteiger charge is -2.34. The number of aromatic nitrogens is 2. The Morgan fingerprint density at radius 2 is 1.68 bits per heavy atom. The zero-order valence-electron chi connectivity index (χ0n) is 24.1. The van der Waals surface area contributed by atoms with E-state index in [0.29, 0.717) is 49.4 Å². The molecule has 1 aliphatic rings. The topological polar surface area (TPSA) is 103 Å². The SMILES string of the molecule is CCOC(=O)c1ccc(NC(=O)c2cnn(-c3ccc(C)c(C)c3)c2C2CCN(C(=O)OC(C)(C)C)CC2)cc1. The number of nitrogens with zero attached hydrogens (tertiary/aromatic N) is 3. The van der Waals surface area contributed by atoms with E-state index in [9.17, 15) is 14.4 Å². The summed E-state index contributed by atoms with van der Waals surface area (Å²) in [4.78, 5) is 39.9. The van der Waals surface area contributed by atoms with Crippen LogP contribution in [0, 0.1) is 13.8 Å². The number of piperidine rings is 1. The van der Waals surface area contributed by atoms with E-state index in [2.05, 4.69) is 30.3 Å². The van der Waals surface area contributed by atoms with Gasteiger partial charge in [-0.3, -0.25) is 4.79 Å². The first-order valence-electron chi connectivity index (χ1n) is 13.7. The number of ether oxygens (including phenoxy) is 2. The monoisotopic (exact) mass is 546 g/mol. The second kappa shape index (κ2) is 11.9. The Kier molecular flexibility index (Phi) is 8.61. The van der Waals surface area contributed by atoms with Crippen LogP contribution in [0.15, 0.2) is 48.7 Å². The summed E-state index contributed by atoms with van der Waals surface area (Å²) in [5.41, 5.74) is 4.89. The summed E-state index contributed by atoms with van der Waals surface area (Å²) >= 11 is 0. The van der Waals surface area contributed by atoms with Gasteiger partial charge in [-0.25, -0.2) is 14.3 Å². The van der Waals surface area contributed by atoms with Gasteiger partial charge in [-0.2, -0.15) is 5.10 Å². The number of amides is 2. The van der Waals surface area contributed by atoms with Crippen LogP contribution in [0.4, 0.5) is 10.5 Å². The Bertz CT molecular complexity index is 1380. The number of likely N-dealkylation sites (tertiary alicyclic amines) is 1. The van der Waals surface area contributed by atoms with Crippen molar-refractivity contribution >= 4 is 23.7 Å². The zero-order valence-corrected chi connectivity index (χ0v) is 24.1. The number of carbonyl (C=O) groups excluding carboxylic acids is 3. The minimum absolute atomic E-state index is 0.00901. The number of rotatable bonds is 6. The van der Waals surface area contributed by atoms with Crippen LogP contribution in [0.25, 0.3) is 5.69 Å². The van der Waals surface area contributed by atoms with Crippen LogP contribution in [0.2, 0.25) is 0 Å². The second-order valence-electron chi connectivity index (χ2n) is 11.1. The molecule has 0 bridgehead atoms. The molecule has 212 valence electrons. The van der Waals surface area contributed by atoms with Crippen molar-refractivity contribution in [2.24, 2.45) is 0 Å². The molecule has 0 atom stereocenters. The van der Waals surface area contributed by atoms with Gasteiger partial charge in [-0.05, 0) is 102 Å². The van der Waals surface area contributed by atoms with E-state index >= 15 is 0 Å². The van der Waals surface area contributed by atoms with Gasteiger partial charge in [-0.15, -0.1) is 0 Å². The standard InChI is InChI=1S/C31H38N4O5/c1-7-39-29(37)23-9-11-24(12-10-23)33-28(36)26-19-32-35(25-13-8-20(2)21(3)18-25)27(26)22-14-16-34(17-15-22)30(38)40-31(4,5)6/h8-13,18-19,22H,7,14-17H2,1-6H3,(H,33,36). The Hall–Kier alpha value is -4.14. The molecule has 0 spiro atoms. The van der Waals surface area contributed by atoms with Crippen molar-refractivity contribution in [1.29, 1.82) is 0 Å². The number of carbonyl (C=O) groups is 3. The summed E-state index contributed by atoms with van der Waals surface area (Å²) in [5.74, 6) is -0.687. The largest absolute Gasteiger partial charge is 0.462 e. The van der Waals surface area contributed by atoms with Crippen molar-refractivity contribution in [2.75, 3.05) is 25.0 Å². The van der Waals surface area contributed by atoms with Gasteiger partial charge in [0.25, 0.3) is 5.91 Å². The first-order chi connectivity index (χ1) is 19.0. The summed E-state index contributed by atoms with van der Waals surface area (Å²) in [7, 11) is 0. The van der Waals surface area contributed by atoms with Gasteiger partial charge in [0, 0.05) is 24.7 Å². The van der Waals surface area contributed by atoms with Crippen molar-refractivity contribution < 1.29 is 23.9 Å². The van der Waals surface area contributed by atoms with E-state index < -0.39 is 11.6 Å². The van der Waals surface area contributed by atoms with Crippen LogP contribution >= 0.6 is 0 Å².